The number of ether oxygens (including phenoxy) is 1. The minimum atomic E-state index is 0.125. The minimum Gasteiger partial charge on any atom is -0.497 e. The zero-order valence-electron chi connectivity index (χ0n) is 9.76. The molecule has 88 valence electrons. The van der Waals surface area contributed by atoms with Crippen LogP contribution < -0.4 is 4.74 Å². The maximum absolute atomic E-state index is 9.10. The van der Waals surface area contributed by atoms with E-state index >= 15 is 0 Å². The van der Waals surface area contributed by atoms with E-state index in [1.165, 1.54) is 0 Å². The monoisotopic (exact) mass is 229 g/mol. The quantitative estimate of drug-likeness (QED) is 0.874. The number of rotatable bonds is 4. The van der Waals surface area contributed by atoms with Crippen LogP contribution >= 0.6 is 0 Å². The lowest BCUT2D eigenvalue weighted by molar-refractivity contribution is 0.299. The third kappa shape index (κ3) is 2.63. The van der Waals surface area contributed by atoms with Gasteiger partial charge in [0.2, 0.25) is 0 Å². The Bertz CT molecular complexity index is 483. The van der Waals surface area contributed by atoms with Gasteiger partial charge in [-0.25, -0.2) is 0 Å². The predicted molar refractivity (Wildman–Crippen MR) is 67.0 cm³/mol. The number of hydrogen-bond donors (Lipinski definition) is 1. The van der Waals surface area contributed by atoms with Crippen LogP contribution in [0.1, 0.15) is 5.56 Å². The van der Waals surface area contributed by atoms with Gasteiger partial charge in [0.1, 0.15) is 5.75 Å². The lowest BCUT2D eigenvalue weighted by atomic mass is 9.99. The molecule has 1 heterocycles. The molecule has 0 amide bonds. The first-order valence-corrected chi connectivity index (χ1v) is 5.53. The summed E-state index contributed by atoms with van der Waals surface area (Å²) in [5, 5.41) is 9.10. The van der Waals surface area contributed by atoms with E-state index in [-0.39, 0.29) is 6.61 Å². The average Bonchev–Trinajstić information content (AvgIpc) is 2.40. The van der Waals surface area contributed by atoms with Crippen molar-refractivity contribution in [3.8, 4) is 16.9 Å². The van der Waals surface area contributed by atoms with E-state index < -0.39 is 0 Å². The van der Waals surface area contributed by atoms with Gasteiger partial charge in [-0.1, -0.05) is 12.1 Å². The standard InChI is InChI=1S/C14H15NO2/c1-17-13-4-5-14(11(9-13)6-8-16)12-3-2-7-15-10-12/h2-5,7,9-10,16H,6,8H2,1H3. The fourth-order valence-corrected chi connectivity index (χ4v) is 1.83. The van der Waals surface area contributed by atoms with Gasteiger partial charge in [-0.05, 0) is 35.7 Å². The smallest absolute Gasteiger partial charge is 0.119 e. The lowest BCUT2D eigenvalue weighted by Gasteiger charge is -2.10. The van der Waals surface area contributed by atoms with Gasteiger partial charge in [0.25, 0.3) is 0 Å². The Morgan fingerprint density at radius 3 is 2.82 bits per heavy atom. The highest BCUT2D eigenvalue weighted by Gasteiger charge is 2.06. The van der Waals surface area contributed by atoms with Crippen molar-refractivity contribution in [3.05, 3.63) is 48.3 Å². The molecule has 0 saturated heterocycles. The van der Waals surface area contributed by atoms with Gasteiger partial charge in [0, 0.05) is 24.6 Å². The van der Waals surface area contributed by atoms with Crippen LogP contribution in [0.25, 0.3) is 11.1 Å². The van der Waals surface area contributed by atoms with Gasteiger partial charge in [-0.2, -0.15) is 0 Å². The molecule has 0 unspecified atom stereocenters. The molecule has 0 aliphatic carbocycles. The summed E-state index contributed by atoms with van der Waals surface area (Å²) in [7, 11) is 1.64. The summed E-state index contributed by atoms with van der Waals surface area (Å²) >= 11 is 0. The maximum Gasteiger partial charge on any atom is 0.119 e. The highest BCUT2D eigenvalue weighted by molar-refractivity contribution is 5.67. The van der Waals surface area contributed by atoms with E-state index in [2.05, 4.69) is 4.98 Å². The van der Waals surface area contributed by atoms with Crippen molar-refractivity contribution < 1.29 is 9.84 Å². The molecule has 0 fully saturated rings. The zero-order valence-corrected chi connectivity index (χ0v) is 9.76. The normalized spacial score (nSPS) is 10.2. The first-order valence-electron chi connectivity index (χ1n) is 5.53. The molecule has 3 nitrogen and oxygen atoms in total. The molecule has 3 heteroatoms. The van der Waals surface area contributed by atoms with E-state index in [1.54, 1.807) is 13.3 Å². The Labute approximate surface area is 101 Å². The van der Waals surface area contributed by atoms with E-state index in [0.29, 0.717) is 6.42 Å². The Hall–Kier alpha value is -1.87. The number of aromatic nitrogens is 1. The Morgan fingerprint density at radius 1 is 1.29 bits per heavy atom. The Balaban J connectivity index is 2.46. The second-order valence-electron chi connectivity index (χ2n) is 3.74. The van der Waals surface area contributed by atoms with Crippen molar-refractivity contribution in [2.24, 2.45) is 0 Å². The molecule has 0 aliphatic rings. The molecular formula is C14H15NO2. The fourth-order valence-electron chi connectivity index (χ4n) is 1.83. The SMILES string of the molecule is COc1ccc(-c2cccnc2)c(CCO)c1. The highest BCUT2D eigenvalue weighted by Crippen LogP contribution is 2.27. The Morgan fingerprint density at radius 2 is 2.18 bits per heavy atom. The van der Waals surface area contributed by atoms with E-state index in [4.69, 9.17) is 9.84 Å². The fraction of sp³-hybridized carbons (Fsp3) is 0.214. The molecule has 1 aromatic carbocycles. The zero-order chi connectivity index (χ0) is 12.1. The van der Waals surface area contributed by atoms with Crippen LogP contribution in [0.3, 0.4) is 0 Å². The van der Waals surface area contributed by atoms with Gasteiger partial charge in [-0.15, -0.1) is 0 Å². The van der Waals surface area contributed by atoms with Crippen LogP contribution in [0.15, 0.2) is 42.7 Å². The summed E-state index contributed by atoms with van der Waals surface area (Å²) in [6.45, 7) is 0.125. The van der Waals surface area contributed by atoms with Gasteiger partial charge in [-0.3, -0.25) is 4.98 Å². The molecule has 0 bridgehead atoms. The van der Waals surface area contributed by atoms with Crippen molar-refractivity contribution in [2.45, 2.75) is 6.42 Å². The average molecular weight is 229 g/mol. The topological polar surface area (TPSA) is 42.4 Å². The first kappa shape index (κ1) is 11.6. The molecule has 2 rings (SSSR count). The van der Waals surface area contributed by atoms with Gasteiger partial charge in [0.05, 0.1) is 7.11 Å². The van der Waals surface area contributed by atoms with Gasteiger partial charge < -0.3 is 9.84 Å². The van der Waals surface area contributed by atoms with E-state index in [0.717, 1.165) is 22.4 Å². The van der Waals surface area contributed by atoms with Crippen molar-refractivity contribution in [2.75, 3.05) is 13.7 Å². The van der Waals surface area contributed by atoms with Crippen LogP contribution in [-0.2, 0) is 6.42 Å². The van der Waals surface area contributed by atoms with Crippen molar-refractivity contribution in [1.29, 1.82) is 0 Å². The maximum atomic E-state index is 9.10. The number of pyridine rings is 1. The van der Waals surface area contributed by atoms with E-state index in [9.17, 15) is 0 Å². The third-order valence-corrected chi connectivity index (χ3v) is 2.67. The number of aliphatic hydroxyl groups is 1. The van der Waals surface area contributed by atoms with E-state index in [1.807, 2.05) is 36.5 Å². The highest BCUT2D eigenvalue weighted by atomic mass is 16.5. The summed E-state index contributed by atoms with van der Waals surface area (Å²) in [4.78, 5) is 4.11. The summed E-state index contributed by atoms with van der Waals surface area (Å²) in [5.41, 5.74) is 3.21. The molecule has 0 aliphatic heterocycles. The predicted octanol–water partition coefficient (Wildman–Crippen LogP) is 2.29. The van der Waals surface area contributed by atoms with Crippen LogP contribution in [0.5, 0.6) is 5.75 Å². The van der Waals surface area contributed by atoms with Crippen LogP contribution in [0.4, 0.5) is 0 Å². The molecule has 2 aromatic rings. The van der Waals surface area contributed by atoms with Gasteiger partial charge >= 0.3 is 0 Å². The van der Waals surface area contributed by atoms with Crippen molar-refractivity contribution in [3.63, 3.8) is 0 Å². The van der Waals surface area contributed by atoms with Crippen LogP contribution in [0.2, 0.25) is 0 Å². The molecular weight excluding hydrogens is 214 g/mol. The number of benzene rings is 1. The largest absolute Gasteiger partial charge is 0.497 e. The summed E-state index contributed by atoms with van der Waals surface area (Å²) in [6, 6.07) is 9.79. The number of methoxy groups -OCH3 is 1. The van der Waals surface area contributed by atoms with Crippen molar-refractivity contribution in [1.82, 2.24) is 4.98 Å². The van der Waals surface area contributed by atoms with Gasteiger partial charge in [0.15, 0.2) is 0 Å². The molecule has 0 saturated carbocycles. The lowest BCUT2D eigenvalue weighted by Crippen LogP contribution is -1.96. The molecule has 0 radical (unpaired) electrons. The second kappa shape index (κ2) is 5.46. The molecule has 0 spiro atoms. The van der Waals surface area contributed by atoms with Crippen LogP contribution in [0, 0.1) is 0 Å². The number of aliphatic hydroxyl groups excluding tert-OH is 1. The third-order valence-electron chi connectivity index (χ3n) is 2.67. The summed E-state index contributed by atoms with van der Waals surface area (Å²) in [5.74, 6) is 0.807. The van der Waals surface area contributed by atoms with Crippen LogP contribution in [-0.4, -0.2) is 23.8 Å². The second-order valence-corrected chi connectivity index (χ2v) is 3.74. The Kier molecular flexibility index (Phi) is 3.73. The number of nitrogens with zero attached hydrogens (tertiary/aromatic N) is 1. The summed E-state index contributed by atoms with van der Waals surface area (Å²) in [6.07, 6.45) is 4.18. The molecule has 0 atom stereocenters. The summed E-state index contributed by atoms with van der Waals surface area (Å²) < 4.78 is 5.19. The molecule has 17 heavy (non-hydrogen) atoms. The minimum absolute atomic E-state index is 0.125. The van der Waals surface area contributed by atoms with Crippen molar-refractivity contribution >= 4 is 0 Å². The first-order chi connectivity index (χ1) is 8.35. The molecule has 1 N–H and O–H groups in total. The molecule has 1 aromatic heterocycles. The number of hydrogen-bond acceptors (Lipinski definition) is 3.